The molecule has 0 bridgehead atoms. The molecular weight excluding hydrogens is 401 g/mol. The van der Waals surface area contributed by atoms with Crippen molar-refractivity contribution in [2.75, 3.05) is 14.2 Å². The van der Waals surface area contributed by atoms with Crippen molar-refractivity contribution in [1.82, 2.24) is 14.5 Å². The average molecular weight is 419 g/mol. The van der Waals surface area contributed by atoms with Crippen molar-refractivity contribution >= 4 is 15.9 Å². The van der Waals surface area contributed by atoms with Gasteiger partial charge in [-0.25, -0.2) is 17.5 Å². The Hall–Kier alpha value is -3.40. The van der Waals surface area contributed by atoms with Crippen LogP contribution in [0.25, 0.3) is 0 Å². The lowest BCUT2D eigenvalue weighted by molar-refractivity contribution is 0.0981. The zero-order chi connectivity index (χ0) is 21.0. The fraction of sp³-hybridized carbons (Fsp3) is 0.158. The molecule has 2 aromatic carbocycles. The van der Waals surface area contributed by atoms with Gasteiger partial charge in [0.05, 0.1) is 20.8 Å². The number of rotatable bonds is 7. The molecular formula is C19H18FN3O5S. The van der Waals surface area contributed by atoms with Gasteiger partial charge >= 0.3 is 0 Å². The third-order valence-corrected chi connectivity index (χ3v) is 5.48. The van der Waals surface area contributed by atoms with Crippen LogP contribution in [-0.2, 0) is 16.6 Å². The van der Waals surface area contributed by atoms with Gasteiger partial charge in [-0.15, -0.1) is 0 Å². The average Bonchev–Trinajstić information content (AvgIpc) is 3.21. The number of hydrogen-bond donors (Lipinski definition) is 1. The number of ether oxygens (including phenoxy) is 2. The summed E-state index contributed by atoms with van der Waals surface area (Å²) < 4.78 is 53.4. The lowest BCUT2D eigenvalue weighted by Crippen LogP contribution is -2.31. The Morgan fingerprint density at radius 3 is 2.38 bits per heavy atom. The number of carbonyl (C=O) groups excluding carboxylic acids is 1. The first kappa shape index (κ1) is 20.3. The highest BCUT2D eigenvalue weighted by Gasteiger charge is 2.27. The molecule has 0 unspecified atom stereocenters. The monoisotopic (exact) mass is 419 g/mol. The minimum Gasteiger partial charge on any atom is -0.495 e. The van der Waals surface area contributed by atoms with Crippen molar-refractivity contribution in [1.29, 1.82) is 0 Å². The second kappa shape index (κ2) is 8.31. The smallest absolute Gasteiger partial charge is 0.271 e. The Balaban J connectivity index is 1.86. The van der Waals surface area contributed by atoms with Gasteiger partial charge in [-0.2, -0.15) is 5.10 Å². The largest absolute Gasteiger partial charge is 0.495 e. The van der Waals surface area contributed by atoms with Gasteiger partial charge in [0.15, 0.2) is 4.90 Å². The van der Waals surface area contributed by atoms with Crippen LogP contribution < -0.4 is 14.2 Å². The molecule has 29 heavy (non-hydrogen) atoms. The molecule has 0 spiro atoms. The number of carbonyl (C=O) groups is 1. The van der Waals surface area contributed by atoms with Crippen molar-refractivity contribution in [3.8, 4) is 11.5 Å². The highest BCUT2D eigenvalue weighted by atomic mass is 32.2. The molecule has 10 heteroatoms. The maximum absolute atomic E-state index is 14.4. The van der Waals surface area contributed by atoms with Crippen molar-refractivity contribution in [3.05, 3.63) is 71.8 Å². The first-order chi connectivity index (χ1) is 13.9. The molecule has 0 saturated carbocycles. The standard InChI is InChI=1S/C19H18FN3O5S/c1-27-16-5-3-6-17(28-2)18(16)29(25,26)22-19(24)13-7-8-14(15(20)11-13)12-23-10-4-9-21-23/h3-11H,12H2,1-2H3,(H,22,24). The van der Waals surface area contributed by atoms with E-state index in [1.165, 1.54) is 43.2 Å². The summed E-state index contributed by atoms with van der Waals surface area (Å²) in [6.07, 6.45) is 3.24. The van der Waals surface area contributed by atoms with Crippen LogP contribution >= 0.6 is 0 Å². The van der Waals surface area contributed by atoms with E-state index in [2.05, 4.69) is 5.10 Å². The predicted octanol–water partition coefficient (Wildman–Crippen LogP) is 2.21. The molecule has 8 nitrogen and oxygen atoms in total. The SMILES string of the molecule is COc1cccc(OC)c1S(=O)(=O)NC(=O)c1ccc(Cn2cccn2)c(F)c1. The molecule has 0 aliphatic carbocycles. The second-order valence-corrected chi connectivity index (χ2v) is 7.56. The van der Waals surface area contributed by atoms with E-state index in [0.29, 0.717) is 5.56 Å². The van der Waals surface area contributed by atoms with E-state index in [0.717, 1.165) is 6.07 Å². The molecule has 1 aromatic heterocycles. The fourth-order valence-corrected chi connectivity index (χ4v) is 4.00. The number of nitrogens with one attached hydrogen (secondary N) is 1. The van der Waals surface area contributed by atoms with Crippen LogP contribution in [-0.4, -0.2) is 38.3 Å². The molecule has 0 radical (unpaired) electrons. The summed E-state index contributed by atoms with van der Waals surface area (Å²) in [4.78, 5) is 12.1. The Kier molecular flexibility index (Phi) is 5.83. The number of halogens is 1. The van der Waals surface area contributed by atoms with E-state index in [-0.39, 0.29) is 28.5 Å². The number of aromatic nitrogens is 2. The topological polar surface area (TPSA) is 99.5 Å². The molecule has 0 atom stereocenters. The normalized spacial score (nSPS) is 11.1. The zero-order valence-corrected chi connectivity index (χ0v) is 16.4. The molecule has 152 valence electrons. The number of amides is 1. The quantitative estimate of drug-likeness (QED) is 0.630. The predicted molar refractivity (Wildman–Crippen MR) is 102 cm³/mol. The molecule has 0 fully saturated rings. The van der Waals surface area contributed by atoms with Gasteiger partial charge in [0, 0.05) is 23.5 Å². The van der Waals surface area contributed by atoms with E-state index in [4.69, 9.17) is 9.47 Å². The summed E-state index contributed by atoms with van der Waals surface area (Å²) in [7, 11) is -1.75. The van der Waals surface area contributed by atoms with Crippen LogP contribution in [0, 0.1) is 5.82 Å². The Morgan fingerprint density at radius 1 is 1.14 bits per heavy atom. The van der Waals surface area contributed by atoms with Crippen LogP contribution in [0.3, 0.4) is 0 Å². The molecule has 1 N–H and O–H groups in total. The summed E-state index contributed by atoms with van der Waals surface area (Å²) in [5, 5.41) is 3.99. The molecule has 1 heterocycles. The van der Waals surface area contributed by atoms with E-state index in [1.807, 2.05) is 4.72 Å². The molecule has 3 rings (SSSR count). The highest BCUT2D eigenvalue weighted by molar-refractivity contribution is 7.90. The maximum atomic E-state index is 14.4. The molecule has 1 amide bonds. The second-order valence-electron chi connectivity index (χ2n) is 5.94. The van der Waals surface area contributed by atoms with Gasteiger partial charge in [-0.3, -0.25) is 9.48 Å². The summed E-state index contributed by atoms with van der Waals surface area (Å²) in [5.74, 6) is -1.63. The van der Waals surface area contributed by atoms with Crippen LogP contribution in [0.15, 0.2) is 59.8 Å². The lowest BCUT2D eigenvalue weighted by atomic mass is 10.1. The summed E-state index contributed by atoms with van der Waals surface area (Å²) >= 11 is 0. The van der Waals surface area contributed by atoms with Gasteiger partial charge in [-0.1, -0.05) is 12.1 Å². The number of benzene rings is 2. The number of methoxy groups -OCH3 is 2. The van der Waals surface area contributed by atoms with Crippen molar-refractivity contribution in [3.63, 3.8) is 0 Å². The third-order valence-electron chi connectivity index (χ3n) is 4.09. The maximum Gasteiger partial charge on any atom is 0.271 e. The van der Waals surface area contributed by atoms with Crippen LogP contribution in [0.5, 0.6) is 11.5 Å². The van der Waals surface area contributed by atoms with E-state index in [1.54, 1.807) is 24.5 Å². The Morgan fingerprint density at radius 2 is 1.83 bits per heavy atom. The van der Waals surface area contributed by atoms with Gasteiger partial charge in [0.25, 0.3) is 15.9 Å². The number of hydrogen-bond acceptors (Lipinski definition) is 6. The Labute approximate surface area is 166 Å². The van der Waals surface area contributed by atoms with Crippen molar-refractivity contribution in [2.24, 2.45) is 0 Å². The summed E-state index contributed by atoms with van der Waals surface area (Å²) in [6, 6.07) is 9.82. The van der Waals surface area contributed by atoms with Gasteiger partial charge in [0.2, 0.25) is 0 Å². The minimum absolute atomic E-state index is 0.00500. The van der Waals surface area contributed by atoms with E-state index in [9.17, 15) is 17.6 Å². The number of nitrogens with zero attached hydrogens (tertiary/aromatic N) is 2. The Bertz CT molecular complexity index is 1110. The summed E-state index contributed by atoms with van der Waals surface area (Å²) in [6.45, 7) is 0.178. The first-order valence-electron chi connectivity index (χ1n) is 8.39. The highest BCUT2D eigenvalue weighted by Crippen LogP contribution is 2.32. The molecule has 0 aliphatic heterocycles. The van der Waals surface area contributed by atoms with Gasteiger partial charge in [-0.05, 0) is 30.3 Å². The van der Waals surface area contributed by atoms with E-state index < -0.39 is 21.7 Å². The van der Waals surface area contributed by atoms with E-state index >= 15 is 0 Å². The minimum atomic E-state index is -4.34. The number of sulfonamides is 1. The van der Waals surface area contributed by atoms with Crippen molar-refractivity contribution in [2.45, 2.75) is 11.4 Å². The van der Waals surface area contributed by atoms with Crippen LogP contribution in [0.4, 0.5) is 4.39 Å². The van der Waals surface area contributed by atoms with Gasteiger partial charge in [0.1, 0.15) is 17.3 Å². The molecule has 0 saturated heterocycles. The summed E-state index contributed by atoms with van der Waals surface area (Å²) in [5.41, 5.74) is 0.156. The van der Waals surface area contributed by atoms with Crippen molar-refractivity contribution < 1.29 is 27.1 Å². The third kappa shape index (κ3) is 4.37. The van der Waals surface area contributed by atoms with Crippen LogP contribution in [0.1, 0.15) is 15.9 Å². The zero-order valence-electron chi connectivity index (χ0n) is 15.6. The first-order valence-corrected chi connectivity index (χ1v) is 9.88. The molecule has 3 aromatic rings. The van der Waals surface area contributed by atoms with Gasteiger partial charge < -0.3 is 9.47 Å². The fourth-order valence-electron chi connectivity index (χ4n) is 2.70. The lowest BCUT2D eigenvalue weighted by Gasteiger charge is -2.14. The molecule has 0 aliphatic rings. The van der Waals surface area contributed by atoms with Crippen LogP contribution in [0.2, 0.25) is 0 Å².